The van der Waals surface area contributed by atoms with E-state index in [9.17, 15) is 13.6 Å². The molecule has 0 saturated carbocycles. The second-order valence-electron chi connectivity index (χ2n) is 9.64. The van der Waals surface area contributed by atoms with Gasteiger partial charge in [0.05, 0.1) is 28.8 Å². The van der Waals surface area contributed by atoms with Crippen molar-refractivity contribution >= 4 is 27.7 Å². The molecule has 4 heterocycles. The number of nitrogens with one attached hydrogen (secondary N) is 1. The summed E-state index contributed by atoms with van der Waals surface area (Å²) < 4.78 is 43.1. The van der Waals surface area contributed by atoms with Gasteiger partial charge in [-0.15, -0.1) is 0 Å². The van der Waals surface area contributed by atoms with Crippen LogP contribution in [0.1, 0.15) is 32.6 Å². The number of nitrogen functional groups attached to an aromatic ring is 1. The van der Waals surface area contributed by atoms with Crippen molar-refractivity contribution in [1.29, 1.82) is 0 Å². The number of halogens is 2. The van der Waals surface area contributed by atoms with Gasteiger partial charge in [-0.2, -0.15) is 10.2 Å². The van der Waals surface area contributed by atoms with Crippen LogP contribution in [0.2, 0.25) is 0 Å². The lowest BCUT2D eigenvalue weighted by Crippen LogP contribution is -2.16. The molecule has 0 aliphatic carbocycles. The van der Waals surface area contributed by atoms with Gasteiger partial charge in [-0.25, -0.2) is 13.8 Å². The first kappa shape index (κ1) is 25.2. The molecule has 1 atom stereocenters. The van der Waals surface area contributed by atoms with Crippen LogP contribution in [0.15, 0.2) is 70.3 Å². The topological polar surface area (TPSA) is 125 Å². The van der Waals surface area contributed by atoms with E-state index in [4.69, 9.17) is 20.0 Å². The summed E-state index contributed by atoms with van der Waals surface area (Å²) >= 11 is 0. The van der Waals surface area contributed by atoms with E-state index >= 15 is 0 Å². The fourth-order valence-electron chi connectivity index (χ4n) is 4.89. The van der Waals surface area contributed by atoms with Gasteiger partial charge in [0.25, 0.3) is 0 Å². The standard InChI is InChI=1S/C29H24F2N6O3/c1-14(2)39-21-8-7-16(11-19(21)31)26-25-20(9-10-33-29(25)32)37(36-26)15(3)28-23(17-12-34-35-13-17)27(38)24-18(30)5-4-6-22(24)40-28/h4-15H,1-3H3,(H2,32,33)(H,34,35). The molecule has 2 aromatic carbocycles. The van der Waals surface area contributed by atoms with Crippen molar-refractivity contribution in [2.45, 2.75) is 32.9 Å². The summed E-state index contributed by atoms with van der Waals surface area (Å²) in [6, 6.07) is 9.82. The molecule has 202 valence electrons. The van der Waals surface area contributed by atoms with Crippen molar-refractivity contribution in [3.63, 3.8) is 0 Å². The van der Waals surface area contributed by atoms with Crippen molar-refractivity contribution in [1.82, 2.24) is 25.0 Å². The summed E-state index contributed by atoms with van der Waals surface area (Å²) in [6.45, 7) is 5.42. The largest absolute Gasteiger partial charge is 0.488 e. The molecular formula is C29H24F2N6O3. The molecule has 0 bridgehead atoms. The van der Waals surface area contributed by atoms with Crippen molar-refractivity contribution in [2.24, 2.45) is 0 Å². The Balaban J connectivity index is 1.58. The van der Waals surface area contributed by atoms with Gasteiger partial charge < -0.3 is 14.9 Å². The number of ether oxygens (including phenoxy) is 1. The molecule has 6 rings (SSSR count). The molecular weight excluding hydrogens is 518 g/mol. The van der Waals surface area contributed by atoms with Gasteiger partial charge in [0.2, 0.25) is 5.43 Å². The van der Waals surface area contributed by atoms with Crippen LogP contribution < -0.4 is 15.9 Å². The lowest BCUT2D eigenvalue weighted by molar-refractivity contribution is 0.231. The van der Waals surface area contributed by atoms with E-state index in [0.717, 1.165) is 0 Å². The van der Waals surface area contributed by atoms with E-state index in [-0.39, 0.29) is 40.0 Å². The fraction of sp³-hybridized carbons (Fsp3) is 0.172. The molecule has 9 nitrogen and oxygen atoms in total. The molecule has 6 aromatic rings. The van der Waals surface area contributed by atoms with Crippen LogP contribution in [0.25, 0.3) is 44.3 Å². The molecule has 11 heteroatoms. The summed E-state index contributed by atoms with van der Waals surface area (Å²) in [5, 5.41) is 11.8. The predicted octanol–water partition coefficient (Wildman–Crippen LogP) is 5.85. The quantitative estimate of drug-likeness (QED) is 0.270. The van der Waals surface area contributed by atoms with Gasteiger partial charge >= 0.3 is 0 Å². The van der Waals surface area contributed by atoms with E-state index in [1.165, 1.54) is 42.9 Å². The Morgan fingerprint density at radius 3 is 2.60 bits per heavy atom. The van der Waals surface area contributed by atoms with Crippen molar-refractivity contribution in [3.05, 3.63) is 88.7 Å². The summed E-state index contributed by atoms with van der Waals surface area (Å²) in [6.07, 6.45) is 4.34. The Labute approximate surface area is 226 Å². The lowest BCUT2D eigenvalue weighted by atomic mass is 10.0. The Kier molecular flexibility index (Phi) is 6.05. The Hall–Kier alpha value is -5.06. The van der Waals surface area contributed by atoms with Crippen molar-refractivity contribution < 1.29 is 17.9 Å². The number of nitrogens with two attached hydrogens (primary N) is 1. The maximum absolute atomic E-state index is 15.0. The van der Waals surface area contributed by atoms with Crippen LogP contribution >= 0.6 is 0 Å². The molecule has 0 amide bonds. The zero-order valence-corrected chi connectivity index (χ0v) is 21.8. The highest BCUT2D eigenvalue weighted by molar-refractivity contribution is 6.00. The first-order valence-corrected chi connectivity index (χ1v) is 12.6. The number of hydrogen-bond acceptors (Lipinski definition) is 7. The Morgan fingerprint density at radius 2 is 1.88 bits per heavy atom. The van der Waals surface area contributed by atoms with Crippen molar-refractivity contribution in [2.75, 3.05) is 5.73 Å². The number of benzene rings is 2. The highest BCUT2D eigenvalue weighted by Crippen LogP contribution is 2.38. The van der Waals surface area contributed by atoms with Gasteiger partial charge in [0, 0.05) is 23.5 Å². The second-order valence-corrected chi connectivity index (χ2v) is 9.64. The number of fused-ring (bicyclic) bond motifs is 2. The third-order valence-electron chi connectivity index (χ3n) is 6.65. The van der Waals surface area contributed by atoms with Crippen LogP contribution in [-0.4, -0.2) is 31.1 Å². The second kappa shape index (κ2) is 9.60. The minimum absolute atomic E-state index is 0.0970. The van der Waals surface area contributed by atoms with Crippen LogP contribution in [0, 0.1) is 11.6 Å². The Morgan fingerprint density at radius 1 is 1.05 bits per heavy atom. The minimum atomic E-state index is -0.687. The first-order chi connectivity index (χ1) is 19.2. The maximum Gasteiger partial charge on any atom is 0.203 e. The van der Waals surface area contributed by atoms with Crippen LogP contribution in [0.4, 0.5) is 14.6 Å². The SMILES string of the molecule is CC(C)Oc1ccc(-c2nn(C(C)c3oc4cccc(F)c4c(=O)c3-c3cn[nH]c3)c3ccnc(N)c23)cc1F. The molecule has 0 aliphatic rings. The molecule has 0 fully saturated rings. The number of rotatable bonds is 6. The summed E-state index contributed by atoms with van der Waals surface area (Å²) in [7, 11) is 0. The number of aromatic nitrogens is 5. The monoisotopic (exact) mass is 542 g/mol. The smallest absolute Gasteiger partial charge is 0.203 e. The highest BCUT2D eigenvalue weighted by Gasteiger charge is 2.27. The number of pyridine rings is 1. The summed E-state index contributed by atoms with van der Waals surface area (Å²) in [5.41, 5.74) is 7.86. The van der Waals surface area contributed by atoms with Crippen LogP contribution in [0.5, 0.6) is 5.75 Å². The van der Waals surface area contributed by atoms with Crippen molar-refractivity contribution in [3.8, 4) is 28.1 Å². The fourth-order valence-corrected chi connectivity index (χ4v) is 4.89. The Bertz CT molecular complexity index is 1950. The van der Waals surface area contributed by atoms with E-state index in [0.29, 0.717) is 27.7 Å². The normalized spacial score (nSPS) is 12.4. The lowest BCUT2D eigenvalue weighted by Gasteiger charge is -2.17. The van der Waals surface area contributed by atoms with Crippen LogP contribution in [-0.2, 0) is 0 Å². The number of hydrogen-bond donors (Lipinski definition) is 2. The molecule has 1 unspecified atom stereocenters. The van der Waals surface area contributed by atoms with E-state index in [2.05, 4.69) is 15.2 Å². The number of aromatic amines is 1. The molecule has 0 saturated heterocycles. The maximum atomic E-state index is 15.0. The molecule has 0 radical (unpaired) electrons. The van der Waals surface area contributed by atoms with Gasteiger partial charge in [-0.1, -0.05) is 6.07 Å². The predicted molar refractivity (Wildman–Crippen MR) is 147 cm³/mol. The van der Waals surface area contributed by atoms with E-state index in [1.54, 1.807) is 29.8 Å². The van der Waals surface area contributed by atoms with Gasteiger partial charge in [-0.05, 0) is 57.2 Å². The average Bonchev–Trinajstić information content (AvgIpc) is 3.58. The third kappa shape index (κ3) is 4.06. The van der Waals surface area contributed by atoms with E-state index < -0.39 is 23.1 Å². The average molecular weight is 543 g/mol. The molecule has 0 spiro atoms. The van der Waals surface area contributed by atoms with Crippen LogP contribution in [0.3, 0.4) is 0 Å². The number of anilines is 1. The number of nitrogens with zero attached hydrogens (tertiary/aromatic N) is 4. The zero-order chi connectivity index (χ0) is 28.1. The van der Waals surface area contributed by atoms with Gasteiger partial charge in [0.15, 0.2) is 11.6 Å². The summed E-state index contributed by atoms with van der Waals surface area (Å²) in [4.78, 5) is 17.9. The van der Waals surface area contributed by atoms with Gasteiger partial charge in [-0.3, -0.25) is 14.6 Å². The van der Waals surface area contributed by atoms with Gasteiger partial charge in [0.1, 0.15) is 40.1 Å². The third-order valence-corrected chi connectivity index (χ3v) is 6.65. The molecule has 3 N–H and O–H groups in total. The molecule has 4 aromatic heterocycles. The summed E-state index contributed by atoms with van der Waals surface area (Å²) in [5.74, 6) is -0.674. The minimum Gasteiger partial charge on any atom is -0.488 e. The molecule has 40 heavy (non-hydrogen) atoms. The van der Waals surface area contributed by atoms with E-state index in [1.807, 2.05) is 13.8 Å². The molecule has 0 aliphatic heterocycles. The number of H-pyrrole nitrogens is 1. The first-order valence-electron chi connectivity index (χ1n) is 12.6. The zero-order valence-electron chi connectivity index (χ0n) is 21.8. The highest BCUT2D eigenvalue weighted by atomic mass is 19.1.